The minimum Gasteiger partial charge on any atom is -0.399 e. The van der Waals surface area contributed by atoms with Crippen molar-refractivity contribution in [2.45, 2.75) is 18.2 Å². The SMILES string of the molecule is CON=C1CCS(=O)(=O)c2c(Cl)cc(N)c(C)c21. The van der Waals surface area contributed by atoms with Gasteiger partial charge in [-0.2, -0.15) is 0 Å². The molecule has 0 atom stereocenters. The summed E-state index contributed by atoms with van der Waals surface area (Å²) in [6, 6.07) is 1.46. The molecule has 5 nitrogen and oxygen atoms in total. The predicted molar refractivity (Wildman–Crippen MR) is 70.8 cm³/mol. The van der Waals surface area contributed by atoms with E-state index in [-0.39, 0.29) is 15.7 Å². The van der Waals surface area contributed by atoms with Crippen LogP contribution in [0.15, 0.2) is 16.1 Å². The van der Waals surface area contributed by atoms with E-state index in [1.54, 1.807) is 6.92 Å². The lowest BCUT2D eigenvalue weighted by Gasteiger charge is -2.22. The molecule has 18 heavy (non-hydrogen) atoms. The summed E-state index contributed by atoms with van der Waals surface area (Å²) in [5.74, 6) is -0.0225. The molecular formula is C11H13ClN2O3S. The lowest BCUT2D eigenvalue weighted by Crippen LogP contribution is -2.24. The van der Waals surface area contributed by atoms with Crippen LogP contribution in [-0.4, -0.2) is 27.0 Å². The molecule has 0 saturated carbocycles. The maximum Gasteiger partial charge on any atom is 0.180 e. The van der Waals surface area contributed by atoms with Gasteiger partial charge in [0.25, 0.3) is 0 Å². The van der Waals surface area contributed by atoms with E-state index in [1.807, 2.05) is 0 Å². The van der Waals surface area contributed by atoms with Crippen molar-refractivity contribution in [1.29, 1.82) is 0 Å². The van der Waals surface area contributed by atoms with Crippen LogP contribution >= 0.6 is 11.6 Å². The van der Waals surface area contributed by atoms with Crippen LogP contribution < -0.4 is 5.73 Å². The molecule has 0 fully saturated rings. The summed E-state index contributed by atoms with van der Waals surface area (Å²) < 4.78 is 24.2. The van der Waals surface area contributed by atoms with Crippen LogP contribution in [0, 0.1) is 6.92 Å². The Labute approximate surface area is 110 Å². The fourth-order valence-corrected chi connectivity index (χ4v) is 4.22. The van der Waals surface area contributed by atoms with Crippen molar-refractivity contribution >= 4 is 32.8 Å². The number of sulfone groups is 1. The number of anilines is 1. The molecule has 0 unspecified atom stereocenters. The number of nitrogens with two attached hydrogens (primary N) is 1. The second-order valence-corrected chi connectivity index (χ2v) is 6.52. The summed E-state index contributed by atoms with van der Waals surface area (Å²) in [6.45, 7) is 1.75. The molecule has 7 heteroatoms. The Hall–Kier alpha value is -1.27. The van der Waals surface area contributed by atoms with Crippen molar-refractivity contribution in [3.05, 3.63) is 22.2 Å². The van der Waals surface area contributed by atoms with Gasteiger partial charge in [0, 0.05) is 17.7 Å². The van der Waals surface area contributed by atoms with E-state index in [2.05, 4.69) is 5.16 Å². The third-order valence-corrected chi connectivity index (χ3v) is 5.14. The Morgan fingerprint density at radius 2 is 2.17 bits per heavy atom. The normalized spacial score (nSPS) is 19.6. The highest BCUT2D eigenvalue weighted by atomic mass is 35.5. The molecule has 2 N–H and O–H groups in total. The van der Waals surface area contributed by atoms with E-state index in [0.29, 0.717) is 28.9 Å². The highest BCUT2D eigenvalue weighted by molar-refractivity contribution is 7.91. The first-order valence-corrected chi connectivity index (χ1v) is 7.33. The van der Waals surface area contributed by atoms with Gasteiger partial charge in [0.2, 0.25) is 0 Å². The molecule has 0 radical (unpaired) electrons. The number of oxime groups is 1. The Morgan fingerprint density at radius 3 is 2.78 bits per heavy atom. The molecular weight excluding hydrogens is 276 g/mol. The van der Waals surface area contributed by atoms with Gasteiger partial charge in [-0.05, 0) is 18.6 Å². The van der Waals surface area contributed by atoms with Gasteiger partial charge < -0.3 is 10.6 Å². The molecule has 1 aromatic carbocycles. The fourth-order valence-electron chi connectivity index (χ4n) is 2.06. The Balaban J connectivity index is 2.88. The van der Waals surface area contributed by atoms with Gasteiger partial charge >= 0.3 is 0 Å². The van der Waals surface area contributed by atoms with E-state index in [4.69, 9.17) is 22.2 Å². The monoisotopic (exact) mass is 288 g/mol. The van der Waals surface area contributed by atoms with E-state index < -0.39 is 9.84 Å². The molecule has 1 aliphatic rings. The highest BCUT2D eigenvalue weighted by Crippen LogP contribution is 2.36. The second-order valence-electron chi connectivity index (χ2n) is 4.07. The quantitative estimate of drug-likeness (QED) is 0.630. The summed E-state index contributed by atoms with van der Waals surface area (Å²) in [7, 11) is -1.97. The summed E-state index contributed by atoms with van der Waals surface area (Å²) in [4.78, 5) is 4.86. The molecule has 1 aliphatic heterocycles. The van der Waals surface area contributed by atoms with E-state index in [1.165, 1.54) is 13.2 Å². The van der Waals surface area contributed by atoms with Gasteiger partial charge in [0.15, 0.2) is 9.84 Å². The Bertz CT molecular complexity index is 638. The zero-order chi connectivity index (χ0) is 13.5. The minimum atomic E-state index is -3.39. The maximum absolute atomic E-state index is 12.1. The maximum atomic E-state index is 12.1. The van der Waals surface area contributed by atoms with Crippen LogP contribution in [0.4, 0.5) is 5.69 Å². The Morgan fingerprint density at radius 1 is 1.50 bits per heavy atom. The second kappa shape index (κ2) is 4.44. The lowest BCUT2D eigenvalue weighted by molar-refractivity contribution is 0.213. The number of hydrogen-bond acceptors (Lipinski definition) is 5. The van der Waals surface area contributed by atoms with Crippen LogP contribution in [0.5, 0.6) is 0 Å². The van der Waals surface area contributed by atoms with E-state index in [0.717, 1.165) is 0 Å². The first kappa shape index (κ1) is 13.2. The molecule has 98 valence electrons. The lowest BCUT2D eigenvalue weighted by atomic mass is 10.0. The average Bonchev–Trinajstić information content (AvgIpc) is 2.28. The standard InChI is InChI=1S/C11H13ClN2O3S/c1-6-8(13)5-7(12)11-10(6)9(14-17-2)3-4-18(11,15)16/h5H,3-4,13H2,1-2H3. The predicted octanol–water partition coefficient (Wildman–Crippen LogP) is 1.76. The fraction of sp³-hybridized carbons (Fsp3) is 0.364. The van der Waals surface area contributed by atoms with Crippen LogP contribution in [-0.2, 0) is 14.7 Å². The molecule has 0 saturated heterocycles. The van der Waals surface area contributed by atoms with Gasteiger partial charge in [-0.15, -0.1) is 0 Å². The van der Waals surface area contributed by atoms with Gasteiger partial charge in [0.05, 0.1) is 21.4 Å². The molecule has 2 rings (SSSR count). The third kappa shape index (κ3) is 1.95. The van der Waals surface area contributed by atoms with Crippen molar-refractivity contribution < 1.29 is 13.3 Å². The molecule has 0 spiro atoms. The van der Waals surface area contributed by atoms with Gasteiger partial charge in [-0.25, -0.2) is 8.42 Å². The van der Waals surface area contributed by atoms with Gasteiger partial charge in [0.1, 0.15) is 7.11 Å². The minimum absolute atomic E-state index is 0.0225. The molecule has 0 aliphatic carbocycles. The third-order valence-electron chi connectivity index (χ3n) is 2.94. The number of halogens is 1. The smallest absolute Gasteiger partial charge is 0.180 e. The summed E-state index contributed by atoms with van der Waals surface area (Å²) >= 11 is 6.01. The number of benzene rings is 1. The van der Waals surface area contributed by atoms with Crippen LogP contribution in [0.1, 0.15) is 17.5 Å². The van der Waals surface area contributed by atoms with Crippen molar-refractivity contribution in [3.8, 4) is 0 Å². The number of hydrogen-bond donors (Lipinski definition) is 1. The van der Waals surface area contributed by atoms with Crippen LogP contribution in [0.25, 0.3) is 0 Å². The topological polar surface area (TPSA) is 81.8 Å². The number of nitrogen functional groups attached to an aromatic ring is 1. The van der Waals surface area contributed by atoms with Crippen molar-refractivity contribution in [2.24, 2.45) is 5.16 Å². The van der Waals surface area contributed by atoms with E-state index in [9.17, 15) is 8.42 Å². The first-order valence-electron chi connectivity index (χ1n) is 5.30. The molecule has 0 amide bonds. The first-order chi connectivity index (χ1) is 8.38. The molecule has 1 heterocycles. The van der Waals surface area contributed by atoms with Crippen molar-refractivity contribution in [2.75, 3.05) is 18.6 Å². The largest absolute Gasteiger partial charge is 0.399 e. The summed E-state index contributed by atoms with van der Waals surface area (Å²) in [5.41, 5.74) is 7.96. The van der Waals surface area contributed by atoms with Crippen molar-refractivity contribution in [3.63, 3.8) is 0 Å². The Kier molecular flexibility index (Phi) is 3.25. The number of nitrogens with zero attached hydrogens (tertiary/aromatic N) is 1. The zero-order valence-electron chi connectivity index (χ0n) is 10.0. The highest BCUT2D eigenvalue weighted by Gasteiger charge is 2.32. The summed E-state index contributed by atoms with van der Waals surface area (Å²) in [5, 5.41) is 4.01. The van der Waals surface area contributed by atoms with Gasteiger partial charge in [-0.1, -0.05) is 16.8 Å². The van der Waals surface area contributed by atoms with Crippen LogP contribution in [0.2, 0.25) is 5.02 Å². The van der Waals surface area contributed by atoms with Crippen molar-refractivity contribution in [1.82, 2.24) is 0 Å². The molecule has 0 bridgehead atoms. The molecule has 1 aromatic rings. The summed E-state index contributed by atoms with van der Waals surface area (Å²) in [6.07, 6.45) is 0.295. The van der Waals surface area contributed by atoms with Gasteiger partial charge in [-0.3, -0.25) is 0 Å². The molecule has 0 aromatic heterocycles. The average molecular weight is 289 g/mol. The van der Waals surface area contributed by atoms with E-state index >= 15 is 0 Å². The zero-order valence-corrected chi connectivity index (χ0v) is 11.6. The number of rotatable bonds is 1. The number of fused-ring (bicyclic) bond motifs is 1. The van der Waals surface area contributed by atoms with Crippen LogP contribution in [0.3, 0.4) is 0 Å².